The van der Waals surface area contributed by atoms with Crippen molar-refractivity contribution in [3.63, 3.8) is 0 Å². The fourth-order valence-electron chi connectivity index (χ4n) is 1.94. The van der Waals surface area contributed by atoms with Crippen LogP contribution in [0, 0.1) is 0 Å². The Morgan fingerprint density at radius 3 is 2.70 bits per heavy atom. The van der Waals surface area contributed by atoms with Gasteiger partial charge in [0.1, 0.15) is 10.9 Å². The maximum Gasteiger partial charge on any atom is 0.323 e. The van der Waals surface area contributed by atoms with E-state index in [-0.39, 0.29) is 4.32 Å². The van der Waals surface area contributed by atoms with Gasteiger partial charge in [-0.3, -0.25) is 14.5 Å². The number of rotatable bonds is 5. The Morgan fingerprint density at radius 1 is 1.43 bits per heavy atom. The van der Waals surface area contributed by atoms with Crippen molar-refractivity contribution in [1.82, 2.24) is 4.90 Å². The Kier molecular flexibility index (Phi) is 5.51. The number of benzene rings is 1. The van der Waals surface area contributed by atoms with E-state index in [1.807, 2.05) is 0 Å². The molecule has 1 N–H and O–H groups in total. The van der Waals surface area contributed by atoms with Crippen LogP contribution in [0.2, 0.25) is 5.02 Å². The van der Waals surface area contributed by atoms with Gasteiger partial charge in [0.25, 0.3) is 5.91 Å². The largest absolute Gasteiger partial charge is 0.493 e. The van der Waals surface area contributed by atoms with Gasteiger partial charge in [-0.15, -0.1) is 0 Å². The van der Waals surface area contributed by atoms with Crippen molar-refractivity contribution in [3.8, 4) is 11.5 Å². The van der Waals surface area contributed by atoms with Gasteiger partial charge >= 0.3 is 5.97 Å². The van der Waals surface area contributed by atoms with Gasteiger partial charge in [-0.05, 0) is 23.8 Å². The highest BCUT2D eigenvalue weighted by molar-refractivity contribution is 8.26. The standard InChI is InChI=1S/C14H12ClNO5S2/c1-20-9-4-7(3-8(15)12(9)21-2)5-10-13(19)16(6-11(17)18)14(22)23-10/h3-5H,6H2,1-2H3,(H,17,18)/b10-5-. The third-order valence-corrected chi connectivity index (χ3v) is 4.58. The van der Waals surface area contributed by atoms with Gasteiger partial charge in [-0.25, -0.2) is 0 Å². The molecule has 1 aliphatic rings. The molecule has 6 nitrogen and oxygen atoms in total. The summed E-state index contributed by atoms with van der Waals surface area (Å²) in [6.45, 7) is -0.464. The molecular formula is C14H12ClNO5S2. The second-order valence-electron chi connectivity index (χ2n) is 4.40. The van der Waals surface area contributed by atoms with E-state index in [9.17, 15) is 9.59 Å². The smallest absolute Gasteiger partial charge is 0.323 e. The number of aliphatic carboxylic acids is 1. The zero-order valence-corrected chi connectivity index (χ0v) is 14.5. The minimum Gasteiger partial charge on any atom is -0.493 e. The number of hydrogen-bond acceptors (Lipinski definition) is 6. The Hall–Kier alpha value is -1.77. The van der Waals surface area contributed by atoms with Crippen LogP contribution in [0.15, 0.2) is 17.0 Å². The molecule has 0 aromatic heterocycles. The quantitative estimate of drug-likeness (QED) is 0.628. The topological polar surface area (TPSA) is 76.1 Å². The van der Waals surface area contributed by atoms with Crippen LogP contribution in [0.25, 0.3) is 6.08 Å². The number of halogens is 1. The highest BCUT2D eigenvalue weighted by Crippen LogP contribution is 2.38. The van der Waals surface area contributed by atoms with E-state index in [2.05, 4.69) is 0 Å². The molecular weight excluding hydrogens is 362 g/mol. The summed E-state index contributed by atoms with van der Waals surface area (Å²) in [6.07, 6.45) is 1.58. The summed E-state index contributed by atoms with van der Waals surface area (Å²) in [5, 5.41) is 9.15. The molecule has 0 unspecified atom stereocenters. The number of methoxy groups -OCH3 is 2. The zero-order valence-electron chi connectivity index (χ0n) is 12.2. The number of carboxylic acid groups (broad SMARTS) is 1. The molecule has 1 fully saturated rings. The lowest BCUT2D eigenvalue weighted by atomic mass is 10.2. The molecule has 0 bridgehead atoms. The molecule has 0 atom stereocenters. The Balaban J connectivity index is 2.36. The number of hydrogen-bond donors (Lipinski definition) is 1. The number of ether oxygens (including phenoxy) is 2. The molecule has 1 aliphatic heterocycles. The highest BCUT2D eigenvalue weighted by atomic mass is 35.5. The number of thiocarbonyl (C=S) groups is 1. The second-order valence-corrected chi connectivity index (χ2v) is 6.48. The molecule has 0 aliphatic carbocycles. The molecule has 2 rings (SSSR count). The summed E-state index contributed by atoms with van der Waals surface area (Å²) < 4.78 is 10.6. The summed E-state index contributed by atoms with van der Waals surface area (Å²) in [5.41, 5.74) is 0.614. The van der Waals surface area contributed by atoms with Gasteiger partial charge in [0, 0.05) is 0 Å². The van der Waals surface area contributed by atoms with Crippen LogP contribution in [0.3, 0.4) is 0 Å². The average Bonchev–Trinajstić information content (AvgIpc) is 2.73. The maximum atomic E-state index is 12.2. The molecule has 1 heterocycles. The van der Waals surface area contributed by atoms with E-state index in [1.165, 1.54) is 14.2 Å². The molecule has 0 radical (unpaired) electrons. The highest BCUT2D eigenvalue weighted by Gasteiger charge is 2.33. The van der Waals surface area contributed by atoms with E-state index in [1.54, 1.807) is 18.2 Å². The van der Waals surface area contributed by atoms with E-state index in [4.69, 9.17) is 38.4 Å². The minimum absolute atomic E-state index is 0.204. The maximum absolute atomic E-state index is 12.2. The normalized spacial score (nSPS) is 16.1. The lowest BCUT2D eigenvalue weighted by Crippen LogP contribution is -2.33. The fourth-order valence-corrected chi connectivity index (χ4v) is 3.50. The van der Waals surface area contributed by atoms with E-state index < -0.39 is 18.4 Å². The zero-order chi connectivity index (χ0) is 17.1. The van der Waals surface area contributed by atoms with Crippen LogP contribution >= 0.6 is 35.6 Å². The van der Waals surface area contributed by atoms with Crippen molar-refractivity contribution >= 4 is 57.9 Å². The van der Waals surface area contributed by atoms with E-state index in [0.717, 1.165) is 16.7 Å². The monoisotopic (exact) mass is 373 g/mol. The first-order chi connectivity index (χ1) is 10.9. The molecule has 0 saturated carbocycles. The number of amides is 1. The van der Waals surface area contributed by atoms with E-state index >= 15 is 0 Å². The van der Waals surface area contributed by atoms with E-state index in [0.29, 0.717) is 27.0 Å². The molecule has 1 amide bonds. The predicted molar refractivity (Wildman–Crippen MR) is 92.1 cm³/mol. The number of carboxylic acids is 1. The van der Waals surface area contributed by atoms with Gasteiger partial charge in [0.2, 0.25) is 0 Å². The average molecular weight is 374 g/mol. The number of nitrogens with zero attached hydrogens (tertiary/aromatic N) is 1. The minimum atomic E-state index is -1.13. The van der Waals surface area contributed by atoms with Gasteiger partial charge in [-0.2, -0.15) is 0 Å². The van der Waals surface area contributed by atoms with Crippen LogP contribution in [0.4, 0.5) is 0 Å². The third-order valence-electron chi connectivity index (χ3n) is 2.92. The van der Waals surface area contributed by atoms with Crippen LogP contribution < -0.4 is 9.47 Å². The third kappa shape index (κ3) is 3.77. The SMILES string of the molecule is COc1cc(/C=C2\SC(=S)N(CC(=O)O)C2=O)cc(Cl)c1OC. The summed E-state index contributed by atoms with van der Waals surface area (Å²) >= 11 is 12.2. The summed E-state index contributed by atoms with van der Waals surface area (Å²) in [5.74, 6) is -0.762. The first kappa shape index (κ1) is 17.6. The molecule has 1 aromatic carbocycles. The van der Waals surface area contributed by atoms with Crippen molar-refractivity contribution in [2.24, 2.45) is 0 Å². The van der Waals surface area contributed by atoms with Crippen molar-refractivity contribution in [2.75, 3.05) is 20.8 Å². The first-order valence-corrected chi connectivity index (χ1v) is 7.86. The Bertz CT molecular complexity index is 719. The molecule has 1 aromatic rings. The summed E-state index contributed by atoms with van der Waals surface area (Å²) in [4.78, 5) is 24.4. The lowest BCUT2D eigenvalue weighted by Gasteiger charge is -2.11. The first-order valence-electron chi connectivity index (χ1n) is 6.26. The Morgan fingerprint density at radius 2 is 2.13 bits per heavy atom. The number of carbonyl (C=O) groups excluding carboxylic acids is 1. The van der Waals surface area contributed by atoms with Crippen molar-refractivity contribution in [2.45, 2.75) is 0 Å². The van der Waals surface area contributed by atoms with Gasteiger partial charge in [0.05, 0.1) is 24.1 Å². The van der Waals surface area contributed by atoms with Gasteiger partial charge < -0.3 is 14.6 Å². The summed E-state index contributed by atoms with van der Waals surface area (Å²) in [6, 6.07) is 3.28. The lowest BCUT2D eigenvalue weighted by molar-refractivity contribution is -0.140. The predicted octanol–water partition coefficient (Wildman–Crippen LogP) is 2.64. The molecule has 122 valence electrons. The van der Waals surface area contributed by atoms with Crippen molar-refractivity contribution in [3.05, 3.63) is 27.6 Å². The molecule has 1 saturated heterocycles. The number of carbonyl (C=O) groups is 2. The van der Waals surface area contributed by atoms with Gasteiger partial charge in [-0.1, -0.05) is 35.6 Å². The van der Waals surface area contributed by atoms with Gasteiger partial charge in [0.15, 0.2) is 11.5 Å². The number of thioether (sulfide) groups is 1. The fraction of sp³-hybridized carbons (Fsp3) is 0.214. The second kappa shape index (κ2) is 7.20. The van der Waals surface area contributed by atoms with Crippen LogP contribution in [0.5, 0.6) is 11.5 Å². The van der Waals surface area contributed by atoms with Crippen molar-refractivity contribution < 1.29 is 24.2 Å². The molecule has 9 heteroatoms. The van der Waals surface area contributed by atoms with Crippen LogP contribution in [-0.2, 0) is 9.59 Å². The van der Waals surface area contributed by atoms with Crippen LogP contribution in [0.1, 0.15) is 5.56 Å². The molecule has 23 heavy (non-hydrogen) atoms. The molecule has 0 spiro atoms. The summed E-state index contributed by atoms with van der Waals surface area (Å²) in [7, 11) is 2.95. The van der Waals surface area contributed by atoms with Crippen molar-refractivity contribution in [1.29, 1.82) is 0 Å². The van der Waals surface area contributed by atoms with Crippen LogP contribution in [-0.4, -0.2) is 47.0 Å². The Labute approximate surface area is 147 Å².